The number of ether oxygens (including phenoxy) is 4. The average Bonchev–Trinajstić information content (AvgIpc) is 3.68. The van der Waals surface area contributed by atoms with Crippen LogP contribution in [0, 0.1) is 11.8 Å². The van der Waals surface area contributed by atoms with Gasteiger partial charge >= 0.3 is 5.97 Å². The predicted molar refractivity (Wildman–Crippen MR) is 147 cm³/mol. The molecule has 1 aliphatic carbocycles. The SMILES string of the molecule is COc1ccc(C[C@H](COCC2CC2)[C@H](C)OC(=O)[C@H](C)NCOC(C)(C)C)cc1Cc1ccccc1. The van der Waals surface area contributed by atoms with E-state index in [0.29, 0.717) is 12.5 Å². The fourth-order valence-electron chi connectivity index (χ4n) is 4.09. The minimum absolute atomic E-state index is 0.0405. The predicted octanol–water partition coefficient (Wildman–Crippen LogP) is 5.55. The van der Waals surface area contributed by atoms with Gasteiger partial charge in [-0.1, -0.05) is 42.5 Å². The van der Waals surface area contributed by atoms with Crippen molar-refractivity contribution in [1.29, 1.82) is 0 Å². The van der Waals surface area contributed by atoms with Crippen molar-refractivity contribution in [3.05, 3.63) is 65.2 Å². The minimum atomic E-state index is -0.462. The van der Waals surface area contributed by atoms with Gasteiger partial charge in [0.2, 0.25) is 0 Å². The van der Waals surface area contributed by atoms with Crippen LogP contribution in [0.2, 0.25) is 0 Å². The molecule has 1 fully saturated rings. The molecule has 0 aliphatic heterocycles. The molecule has 1 saturated carbocycles. The highest BCUT2D eigenvalue weighted by atomic mass is 16.5. The van der Waals surface area contributed by atoms with Crippen molar-refractivity contribution in [2.45, 2.75) is 78.0 Å². The molecule has 0 radical (unpaired) electrons. The summed E-state index contributed by atoms with van der Waals surface area (Å²) in [6.45, 7) is 11.3. The number of rotatable bonds is 15. The quantitative estimate of drug-likeness (QED) is 0.250. The highest BCUT2D eigenvalue weighted by Crippen LogP contribution is 2.30. The van der Waals surface area contributed by atoms with Crippen LogP contribution in [0.4, 0.5) is 0 Å². The molecule has 0 spiro atoms. The lowest BCUT2D eigenvalue weighted by molar-refractivity contribution is -0.155. The summed E-state index contributed by atoms with van der Waals surface area (Å²) in [6, 6.07) is 16.3. The van der Waals surface area contributed by atoms with Crippen molar-refractivity contribution in [2.24, 2.45) is 11.8 Å². The number of carbonyl (C=O) groups is 1. The average molecular weight is 512 g/mol. The van der Waals surface area contributed by atoms with Gasteiger partial charge in [0.25, 0.3) is 0 Å². The molecule has 204 valence electrons. The zero-order valence-corrected chi connectivity index (χ0v) is 23.4. The van der Waals surface area contributed by atoms with E-state index in [2.05, 4.69) is 41.7 Å². The first-order valence-electron chi connectivity index (χ1n) is 13.5. The van der Waals surface area contributed by atoms with Crippen molar-refractivity contribution < 1.29 is 23.7 Å². The normalized spacial score (nSPS) is 16.2. The molecule has 0 saturated heterocycles. The van der Waals surface area contributed by atoms with E-state index in [1.165, 1.54) is 24.0 Å². The third-order valence-corrected chi connectivity index (χ3v) is 6.68. The molecule has 6 heteroatoms. The lowest BCUT2D eigenvalue weighted by Gasteiger charge is -2.27. The highest BCUT2D eigenvalue weighted by molar-refractivity contribution is 5.75. The molecule has 1 N–H and O–H groups in total. The Kier molecular flexibility index (Phi) is 11.0. The van der Waals surface area contributed by atoms with Gasteiger partial charge in [-0.05, 0) is 82.6 Å². The van der Waals surface area contributed by atoms with E-state index in [4.69, 9.17) is 18.9 Å². The maximum absolute atomic E-state index is 12.8. The molecule has 0 unspecified atom stereocenters. The topological polar surface area (TPSA) is 66.0 Å². The molecule has 6 nitrogen and oxygen atoms in total. The van der Waals surface area contributed by atoms with Gasteiger partial charge < -0.3 is 18.9 Å². The van der Waals surface area contributed by atoms with Crippen molar-refractivity contribution in [2.75, 3.05) is 27.1 Å². The third-order valence-electron chi connectivity index (χ3n) is 6.68. The maximum Gasteiger partial charge on any atom is 0.323 e. The Labute approximate surface area is 223 Å². The zero-order valence-electron chi connectivity index (χ0n) is 23.4. The first-order chi connectivity index (χ1) is 17.6. The van der Waals surface area contributed by atoms with Crippen LogP contribution in [-0.4, -0.2) is 50.8 Å². The number of hydrogen-bond donors (Lipinski definition) is 1. The number of esters is 1. The number of hydrogen-bond acceptors (Lipinski definition) is 6. The van der Waals surface area contributed by atoms with Crippen molar-refractivity contribution >= 4 is 5.97 Å². The van der Waals surface area contributed by atoms with Crippen molar-refractivity contribution in [1.82, 2.24) is 5.32 Å². The molecule has 1 aliphatic rings. The Bertz CT molecular complexity index is 967. The number of nitrogens with one attached hydrogen (secondary N) is 1. The highest BCUT2D eigenvalue weighted by Gasteiger charge is 2.27. The molecule has 0 aromatic heterocycles. The fourth-order valence-corrected chi connectivity index (χ4v) is 4.09. The van der Waals surface area contributed by atoms with Crippen molar-refractivity contribution in [3.8, 4) is 5.75 Å². The second kappa shape index (κ2) is 13.9. The Hall–Kier alpha value is -2.41. The van der Waals surface area contributed by atoms with Gasteiger partial charge in [-0.3, -0.25) is 10.1 Å². The van der Waals surface area contributed by atoms with E-state index in [-0.39, 0.29) is 30.3 Å². The van der Waals surface area contributed by atoms with E-state index in [0.717, 1.165) is 30.8 Å². The van der Waals surface area contributed by atoms with Gasteiger partial charge in [0.1, 0.15) is 17.9 Å². The van der Waals surface area contributed by atoms with E-state index in [9.17, 15) is 4.79 Å². The largest absolute Gasteiger partial charge is 0.496 e. The molecule has 0 bridgehead atoms. The molecule has 3 atom stereocenters. The summed E-state index contributed by atoms with van der Waals surface area (Å²) in [5.41, 5.74) is 3.29. The van der Waals surface area contributed by atoms with Crippen LogP contribution in [0.1, 0.15) is 64.2 Å². The minimum Gasteiger partial charge on any atom is -0.496 e. The van der Waals surface area contributed by atoms with Crippen molar-refractivity contribution in [3.63, 3.8) is 0 Å². The zero-order chi connectivity index (χ0) is 26.8. The summed E-state index contributed by atoms with van der Waals surface area (Å²) < 4.78 is 23.3. The monoisotopic (exact) mass is 511 g/mol. The van der Waals surface area contributed by atoms with E-state index < -0.39 is 6.04 Å². The van der Waals surface area contributed by atoms with Crippen LogP contribution >= 0.6 is 0 Å². The maximum atomic E-state index is 12.8. The van der Waals surface area contributed by atoms with Gasteiger partial charge in [0, 0.05) is 18.9 Å². The molecule has 3 rings (SSSR count). The Balaban J connectivity index is 1.65. The first kappa shape index (κ1) is 29.2. The molecule has 37 heavy (non-hydrogen) atoms. The number of carbonyl (C=O) groups excluding carboxylic acids is 1. The molecule has 2 aromatic carbocycles. The summed E-state index contributed by atoms with van der Waals surface area (Å²) >= 11 is 0. The number of methoxy groups -OCH3 is 1. The summed E-state index contributed by atoms with van der Waals surface area (Å²) in [4.78, 5) is 12.8. The van der Waals surface area contributed by atoms with E-state index in [1.54, 1.807) is 14.0 Å². The summed E-state index contributed by atoms with van der Waals surface area (Å²) in [5.74, 6) is 1.32. The molecular weight excluding hydrogens is 466 g/mol. The van der Waals surface area contributed by atoms with Gasteiger partial charge in [-0.25, -0.2) is 0 Å². The van der Waals surface area contributed by atoms with Crippen LogP contribution < -0.4 is 10.1 Å². The standard InChI is InChI=1S/C31H45NO5/c1-22(32-21-36-31(3,4)5)30(33)37-23(2)28(20-35-19-25-12-13-25)18-26-14-15-29(34-6)27(17-26)16-24-10-8-7-9-11-24/h7-11,14-15,17,22-23,25,28,32H,12-13,16,18-21H2,1-6H3/t22-,23-,28+/m0/s1. The van der Waals surface area contributed by atoms with Gasteiger partial charge in [-0.15, -0.1) is 0 Å². The summed E-state index contributed by atoms with van der Waals surface area (Å²) in [6.07, 6.45) is 3.75. The Morgan fingerprint density at radius 1 is 1.05 bits per heavy atom. The molecule has 2 aromatic rings. The van der Waals surface area contributed by atoms with Crippen LogP contribution in [0.3, 0.4) is 0 Å². The first-order valence-corrected chi connectivity index (χ1v) is 13.5. The van der Waals surface area contributed by atoms with Gasteiger partial charge in [0.05, 0.1) is 26.0 Å². The van der Waals surface area contributed by atoms with Crippen LogP contribution in [0.25, 0.3) is 0 Å². The summed E-state index contributed by atoms with van der Waals surface area (Å²) in [7, 11) is 1.71. The van der Waals surface area contributed by atoms with Crippen LogP contribution in [0.5, 0.6) is 5.75 Å². The lowest BCUT2D eigenvalue weighted by Crippen LogP contribution is -2.41. The Morgan fingerprint density at radius 2 is 1.78 bits per heavy atom. The number of benzene rings is 2. The Morgan fingerprint density at radius 3 is 2.43 bits per heavy atom. The van der Waals surface area contributed by atoms with Crippen LogP contribution in [0.15, 0.2) is 48.5 Å². The van der Waals surface area contributed by atoms with Gasteiger partial charge in [0.15, 0.2) is 0 Å². The lowest BCUT2D eigenvalue weighted by atomic mass is 9.93. The van der Waals surface area contributed by atoms with E-state index >= 15 is 0 Å². The second-order valence-electron chi connectivity index (χ2n) is 11.2. The summed E-state index contributed by atoms with van der Waals surface area (Å²) in [5, 5.41) is 3.10. The third kappa shape index (κ3) is 10.5. The second-order valence-corrected chi connectivity index (χ2v) is 11.2. The fraction of sp³-hybridized carbons (Fsp3) is 0.581. The molecule has 0 amide bonds. The molecule has 0 heterocycles. The molecular formula is C31H45NO5. The van der Waals surface area contributed by atoms with E-state index in [1.807, 2.05) is 39.8 Å². The smallest absolute Gasteiger partial charge is 0.323 e. The van der Waals surface area contributed by atoms with Gasteiger partial charge in [-0.2, -0.15) is 0 Å². The van der Waals surface area contributed by atoms with Crippen LogP contribution in [-0.2, 0) is 31.8 Å².